The Labute approximate surface area is 387 Å². The number of amides is 1. The number of hydrogen-bond acceptors (Lipinski definition) is 5. The second-order valence-electron chi connectivity index (χ2n) is 19.3. The highest BCUT2D eigenvalue weighted by Gasteiger charge is 2.24. The Balaban J connectivity index is 4.52. The van der Waals surface area contributed by atoms with Gasteiger partial charge in [-0.3, -0.25) is 9.59 Å². The summed E-state index contributed by atoms with van der Waals surface area (Å²) in [5.41, 5.74) is 0. The van der Waals surface area contributed by atoms with E-state index in [1.807, 2.05) is 0 Å². The fourth-order valence-corrected chi connectivity index (χ4v) is 8.84. The third kappa shape index (κ3) is 45.2. The van der Waals surface area contributed by atoms with Crippen molar-refractivity contribution in [2.24, 2.45) is 0 Å². The summed E-state index contributed by atoms with van der Waals surface area (Å²) in [6.07, 6.45) is 57.0. The van der Waals surface area contributed by atoms with E-state index in [9.17, 15) is 19.8 Å². The van der Waals surface area contributed by atoms with E-state index in [4.69, 9.17) is 4.74 Å². The number of aliphatic hydroxyl groups is 2. The van der Waals surface area contributed by atoms with Gasteiger partial charge in [0.1, 0.15) is 6.10 Å². The van der Waals surface area contributed by atoms with Gasteiger partial charge in [0.25, 0.3) is 0 Å². The standard InChI is InChI=1S/C56H109NO5/c1-4-7-10-13-16-19-22-25-27-30-32-35-38-41-44-47-52(62-56(61)49-46-43-40-37-34-29-24-21-18-15-12-9-6-3)50-55(60)57-53(51-58)54(59)48-45-42-39-36-33-31-28-26-23-20-17-14-11-8-5-2/h29,34,52-54,58-59H,4-28,30-33,35-51H2,1-3H3,(H,57,60)/b34-29-. The van der Waals surface area contributed by atoms with Crippen LogP contribution in [0.2, 0.25) is 0 Å². The van der Waals surface area contributed by atoms with Crippen LogP contribution in [0.5, 0.6) is 0 Å². The summed E-state index contributed by atoms with van der Waals surface area (Å²) in [6.45, 7) is 6.51. The summed E-state index contributed by atoms with van der Waals surface area (Å²) in [6, 6.07) is -0.698. The third-order valence-corrected chi connectivity index (χ3v) is 13.1. The summed E-state index contributed by atoms with van der Waals surface area (Å²) < 4.78 is 5.94. The highest BCUT2D eigenvalue weighted by atomic mass is 16.5. The molecule has 368 valence electrons. The lowest BCUT2D eigenvalue weighted by molar-refractivity contribution is -0.151. The molecule has 6 heteroatoms. The molecule has 0 aliphatic heterocycles. The molecule has 0 aromatic carbocycles. The minimum absolute atomic E-state index is 0.0793. The molecule has 0 heterocycles. The van der Waals surface area contributed by atoms with Crippen molar-refractivity contribution in [3.05, 3.63) is 12.2 Å². The van der Waals surface area contributed by atoms with E-state index < -0.39 is 18.2 Å². The summed E-state index contributed by atoms with van der Waals surface area (Å²) >= 11 is 0. The van der Waals surface area contributed by atoms with E-state index in [-0.39, 0.29) is 24.9 Å². The predicted molar refractivity (Wildman–Crippen MR) is 269 cm³/mol. The maximum atomic E-state index is 13.2. The number of ether oxygens (including phenoxy) is 1. The van der Waals surface area contributed by atoms with E-state index in [2.05, 4.69) is 38.2 Å². The molecule has 0 fully saturated rings. The number of esters is 1. The molecule has 0 aromatic heterocycles. The Kier molecular flexibility index (Phi) is 49.5. The lowest BCUT2D eigenvalue weighted by Crippen LogP contribution is -2.46. The molecular weight excluding hydrogens is 767 g/mol. The zero-order valence-corrected chi connectivity index (χ0v) is 42.0. The van der Waals surface area contributed by atoms with Crippen LogP contribution in [0.3, 0.4) is 0 Å². The summed E-state index contributed by atoms with van der Waals surface area (Å²) in [7, 11) is 0. The minimum atomic E-state index is -0.784. The van der Waals surface area contributed by atoms with Gasteiger partial charge < -0.3 is 20.3 Å². The first-order valence-electron chi connectivity index (χ1n) is 27.9. The van der Waals surface area contributed by atoms with Crippen molar-refractivity contribution in [2.45, 2.75) is 328 Å². The molecule has 0 bridgehead atoms. The van der Waals surface area contributed by atoms with Crippen molar-refractivity contribution in [3.8, 4) is 0 Å². The normalized spacial score (nSPS) is 13.2. The van der Waals surface area contributed by atoms with Crippen molar-refractivity contribution in [1.29, 1.82) is 0 Å². The Morgan fingerprint density at radius 3 is 1.15 bits per heavy atom. The monoisotopic (exact) mass is 876 g/mol. The van der Waals surface area contributed by atoms with Crippen molar-refractivity contribution in [1.82, 2.24) is 5.32 Å². The van der Waals surface area contributed by atoms with Crippen molar-refractivity contribution in [3.63, 3.8) is 0 Å². The van der Waals surface area contributed by atoms with E-state index in [0.717, 1.165) is 51.4 Å². The highest BCUT2D eigenvalue weighted by molar-refractivity contribution is 5.77. The average Bonchev–Trinajstić information content (AvgIpc) is 3.26. The topological polar surface area (TPSA) is 95.9 Å². The Morgan fingerprint density at radius 2 is 0.774 bits per heavy atom. The van der Waals surface area contributed by atoms with Crippen LogP contribution >= 0.6 is 0 Å². The lowest BCUT2D eigenvalue weighted by Gasteiger charge is -2.24. The Bertz CT molecular complexity index is 939. The average molecular weight is 876 g/mol. The quantitative estimate of drug-likeness (QED) is 0.0321. The van der Waals surface area contributed by atoms with Gasteiger partial charge in [0.15, 0.2) is 0 Å². The summed E-state index contributed by atoms with van der Waals surface area (Å²) in [5, 5.41) is 23.9. The smallest absolute Gasteiger partial charge is 0.306 e. The first-order chi connectivity index (χ1) is 30.5. The molecular formula is C56H109NO5. The van der Waals surface area contributed by atoms with Gasteiger partial charge in [0.05, 0.1) is 25.2 Å². The molecule has 1 amide bonds. The molecule has 0 radical (unpaired) electrons. The molecule has 0 rings (SSSR count). The predicted octanol–water partition coefficient (Wildman–Crippen LogP) is 16.9. The van der Waals surface area contributed by atoms with E-state index in [1.54, 1.807) is 0 Å². The number of carbonyl (C=O) groups excluding carboxylic acids is 2. The number of hydrogen-bond donors (Lipinski definition) is 3. The van der Waals surface area contributed by atoms with Crippen molar-refractivity contribution >= 4 is 11.9 Å². The first kappa shape index (κ1) is 60.6. The van der Waals surface area contributed by atoms with Gasteiger partial charge in [-0.2, -0.15) is 0 Å². The van der Waals surface area contributed by atoms with Gasteiger partial charge >= 0.3 is 5.97 Å². The van der Waals surface area contributed by atoms with Crippen LogP contribution in [-0.4, -0.2) is 46.9 Å². The van der Waals surface area contributed by atoms with Gasteiger partial charge in [-0.15, -0.1) is 0 Å². The van der Waals surface area contributed by atoms with E-state index in [1.165, 1.54) is 212 Å². The van der Waals surface area contributed by atoms with Gasteiger partial charge in [-0.1, -0.05) is 258 Å². The third-order valence-electron chi connectivity index (χ3n) is 13.1. The van der Waals surface area contributed by atoms with Crippen LogP contribution < -0.4 is 5.32 Å². The molecule has 0 saturated heterocycles. The largest absolute Gasteiger partial charge is 0.462 e. The molecule has 0 aliphatic carbocycles. The number of allylic oxidation sites excluding steroid dienone is 2. The number of aliphatic hydroxyl groups excluding tert-OH is 2. The second-order valence-corrected chi connectivity index (χ2v) is 19.3. The van der Waals surface area contributed by atoms with Crippen LogP contribution in [0.15, 0.2) is 12.2 Å². The zero-order chi connectivity index (χ0) is 45.2. The summed E-state index contributed by atoms with van der Waals surface area (Å²) in [5.74, 6) is -0.472. The van der Waals surface area contributed by atoms with Crippen LogP contribution in [0.1, 0.15) is 310 Å². The molecule has 0 aromatic rings. The van der Waals surface area contributed by atoms with Crippen molar-refractivity contribution in [2.75, 3.05) is 6.61 Å². The number of carbonyl (C=O) groups is 2. The van der Waals surface area contributed by atoms with E-state index in [0.29, 0.717) is 19.3 Å². The molecule has 6 nitrogen and oxygen atoms in total. The minimum Gasteiger partial charge on any atom is -0.462 e. The summed E-state index contributed by atoms with van der Waals surface area (Å²) in [4.78, 5) is 26.2. The molecule has 0 saturated carbocycles. The van der Waals surface area contributed by atoms with Gasteiger partial charge in [-0.25, -0.2) is 0 Å². The number of unbranched alkanes of at least 4 members (excludes halogenated alkanes) is 37. The molecule has 3 N–H and O–H groups in total. The van der Waals surface area contributed by atoms with Crippen LogP contribution in [-0.2, 0) is 14.3 Å². The second kappa shape index (κ2) is 50.6. The Morgan fingerprint density at radius 1 is 0.452 bits per heavy atom. The molecule has 62 heavy (non-hydrogen) atoms. The SMILES string of the molecule is CCCCCCCC/C=C\CCCCCC(=O)OC(CCCCCCCCCCCCCCCCC)CC(=O)NC(CO)C(O)CCCCCCCCCCCCCCCCC. The lowest BCUT2D eigenvalue weighted by atomic mass is 10.0. The molecule has 0 aliphatic rings. The fraction of sp³-hybridized carbons (Fsp3) is 0.929. The van der Waals surface area contributed by atoms with Gasteiger partial charge in [0, 0.05) is 6.42 Å². The van der Waals surface area contributed by atoms with Crippen LogP contribution in [0.4, 0.5) is 0 Å². The number of rotatable bonds is 51. The zero-order valence-electron chi connectivity index (χ0n) is 42.0. The van der Waals surface area contributed by atoms with E-state index >= 15 is 0 Å². The molecule has 3 atom stereocenters. The Hall–Kier alpha value is -1.40. The van der Waals surface area contributed by atoms with Crippen LogP contribution in [0, 0.1) is 0 Å². The highest BCUT2D eigenvalue weighted by Crippen LogP contribution is 2.19. The maximum Gasteiger partial charge on any atom is 0.306 e. The first-order valence-corrected chi connectivity index (χ1v) is 27.9. The fourth-order valence-electron chi connectivity index (χ4n) is 8.84. The van der Waals surface area contributed by atoms with Crippen LogP contribution in [0.25, 0.3) is 0 Å². The maximum absolute atomic E-state index is 13.2. The van der Waals surface area contributed by atoms with Crippen molar-refractivity contribution < 1.29 is 24.5 Å². The number of nitrogens with one attached hydrogen (secondary N) is 1. The van der Waals surface area contributed by atoms with Gasteiger partial charge in [-0.05, 0) is 51.4 Å². The molecule has 0 spiro atoms. The molecule has 3 unspecified atom stereocenters. The van der Waals surface area contributed by atoms with Gasteiger partial charge in [0.2, 0.25) is 5.91 Å².